The second-order valence-electron chi connectivity index (χ2n) is 8.24. The number of amides is 2. The summed E-state index contributed by atoms with van der Waals surface area (Å²) >= 11 is 5.98. The van der Waals surface area contributed by atoms with Crippen LogP contribution in [0.15, 0.2) is 82.4 Å². The van der Waals surface area contributed by atoms with E-state index >= 15 is 0 Å². The van der Waals surface area contributed by atoms with Crippen LogP contribution < -0.4 is 26.6 Å². The molecule has 2 N–H and O–H groups in total. The number of carbonyl (C=O) groups is 2. The molecular formula is C27H25ClN4O5. The number of fused-ring (bicyclic) bond motifs is 1. The van der Waals surface area contributed by atoms with Gasteiger partial charge in [-0.3, -0.25) is 23.5 Å². The molecular weight excluding hydrogens is 496 g/mol. The lowest BCUT2D eigenvalue weighted by Crippen LogP contribution is -2.42. The van der Waals surface area contributed by atoms with Crippen LogP contribution in [0.2, 0.25) is 5.02 Å². The van der Waals surface area contributed by atoms with Crippen LogP contribution in [0, 0.1) is 0 Å². The van der Waals surface area contributed by atoms with Crippen molar-refractivity contribution in [2.24, 2.45) is 0 Å². The summed E-state index contributed by atoms with van der Waals surface area (Å²) in [6, 6.07) is 20.5. The molecule has 0 aliphatic carbocycles. The fraction of sp³-hybridized carbons (Fsp3) is 0.185. The van der Waals surface area contributed by atoms with Gasteiger partial charge in [-0.1, -0.05) is 48.0 Å². The molecule has 0 aliphatic rings. The molecule has 9 nitrogen and oxygen atoms in total. The van der Waals surface area contributed by atoms with Gasteiger partial charge in [0.25, 0.3) is 5.56 Å². The topological polar surface area (TPSA) is 111 Å². The molecule has 0 saturated heterocycles. The molecule has 2 amide bonds. The van der Waals surface area contributed by atoms with Crippen molar-refractivity contribution >= 4 is 40.0 Å². The van der Waals surface area contributed by atoms with E-state index in [-0.39, 0.29) is 37.3 Å². The van der Waals surface area contributed by atoms with Gasteiger partial charge in [-0.05, 0) is 36.4 Å². The number of nitrogens with one attached hydrogen (secondary N) is 2. The largest absolute Gasteiger partial charge is 0.496 e. The number of ether oxygens (including phenoxy) is 1. The molecule has 0 fully saturated rings. The van der Waals surface area contributed by atoms with Crippen molar-refractivity contribution in [1.29, 1.82) is 0 Å². The number of rotatable bonds is 9. The van der Waals surface area contributed by atoms with Gasteiger partial charge in [0, 0.05) is 35.8 Å². The Morgan fingerprint density at radius 1 is 0.919 bits per heavy atom. The van der Waals surface area contributed by atoms with Crippen LogP contribution in [0.25, 0.3) is 10.9 Å². The summed E-state index contributed by atoms with van der Waals surface area (Å²) in [5, 5.41) is 6.21. The lowest BCUT2D eigenvalue weighted by molar-refractivity contribution is -0.121. The first kappa shape index (κ1) is 25.7. The average Bonchev–Trinajstić information content (AvgIpc) is 2.90. The Morgan fingerprint density at radius 2 is 1.68 bits per heavy atom. The Hall–Kier alpha value is -4.37. The van der Waals surface area contributed by atoms with Crippen molar-refractivity contribution in [3.8, 4) is 5.75 Å². The molecule has 10 heteroatoms. The first-order chi connectivity index (χ1) is 17.9. The summed E-state index contributed by atoms with van der Waals surface area (Å²) in [7, 11) is 1.55. The van der Waals surface area contributed by atoms with Gasteiger partial charge < -0.3 is 15.4 Å². The van der Waals surface area contributed by atoms with Crippen molar-refractivity contribution in [3.63, 3.8) is 0 Å². The molecule has 0 bridgehead atoms. The van der Waals surface area contributed by atoms with E-state index in [1.165, 1.54) is 4.57 Å². The third kappa shape index (κ3) is 6.07. The highest BCUT2D eigenvalue weighted by Gasteiger charge is 2.16. The third-order valence-corrected chi connectivity index (χ3v) is 6.01. The SMILES string of the molecule is COc1ccccc1CNC(=O)CCn1c(=O)c2ccccc2n(CC(=O)Nc2cccc(Cl)c2)c1=O. The van der Waals surface area contributed by atoms with Crippen molar-refractivity contribution in [2.45, 2.75) is 26.1 Å². The number of benzene rings is 3. The minimum Gasteiger partial charge on any atom is -0.496 e. The van der Waals surface area contributed by atoms with Crippen LogP contribution in [-0.2, 0) is 29.2 Å². The zero-order chi connectivity index (χ0) is 26.4. The smallest absolute Gasteiger partial charge is 0.331 e. The molecule has 37 heavy (non-hydrogen) atoms. The van der Waals surface area contributed by atoms with Crippen molar-refractivity contribution in [3.05, 3.63) is 104 Å². The van der Waals surface area contributed by atoms with E-state index in [2.05, 4.69) is 10.6 Å². The predicted octanol–water partition coefficient (Wildman–Crippen LogP) is 3.17. The fourth-order valence-electron chi connectivity index (χ4n) is 3.98. The summed E-state index contributed by atoms with van der Waals surface area (Å²) in [6.07, 6.45) is -0.0999. The van der Waals surface area contributed by atoms with Gasteiger partial charge in [0.1, 0.15) is 12.3 Å². The average molecular weight is 521 g/mol. The number of halogens is 1. The maximum Gasteiger partial charge on any atom is 0.331 e. The molecule has 4 rings (SSSR count). The van der Waals surface area contributed by atoms with Crippen molar-refractivity contribution in [1.82, 2.24) is 14.5 Å². The number of hydrogen-bond acceptors (Lipinski definition) is 5. The molecule has 4 aromatic rings. The van der Waals surface area contributed by atoms with Crippen LogP contribution in [0.4, 0.5) is 5.69 Å². The van der Waals surface area contributed by atoms with Gasteiger partial charge in [-0.15, -0.1) is 0 Å². The Labute approximate surface area is 217 Å². The molecule has 0 spiro atoms. The molecule has 1 aromatic heterocycles. The van der Waals surface area contributed by atoms with Crippen LogP contribution >= 0.6 is 11.6 Å². The summed E-state index contributed by atoms with van der Waals surface area (Å²) in [6.45, 7) is -0.230. The van der Waals surface area contributed by atoms with Gasteiger partial charge in [-0.25, -0.2) is 4.79 Å². The van der Waals surface area contributed by atoms with Crippen LogP contribution in [-0.4, -0.2) is 28.1 Å². The van der Waals surface area contributed by atoms with E-state index in [0.29, 0.717) is 22.0 Å². The quantitative estimate of drug-likeness (QED) is 0.352. The van der Waals surface area contributed by atoms with Gasteiger partial charge in [-0.2, -0.15) is 0 Å². The summed E-state index contributed by atoms with van der Waals surface area (Å²) < 4.78 is 7.50. The molecule has 0 saturated carbocycles. The number of anilines is 1. The first-order valence-corrected chi connectivity index (χ1v) is 11.9. The lowest BCUT2D eigenvalue weighted by Gasteiger charge is -2.14. The highest BCUT2D eigenvalue weighted by atomic mass is 35.5. The Balaban J connectivity index is 1.53. The Morgan fingerprint density at radius 3 is 2.46 bits per heavy atom. The van der Waals surface area contributed by atoms with Crippen LogP contribution in [0.1, 0.15) is 12.0 Å². The Bertz CT molecular complexity index is 1580. The second-order valence-corrected chi connectivity index (χ2v) is 8.68. The molecule has 1 heterocycles. The van der Waals surface area contributed by atoms with E-state index < -0.39 is 17.2 Å². The Kier molecular flexibility index (Phi) is 8.05. The molecule has 0 radical (unpaired) electrons. The van der Waals surface area contributed by atoms with E-state index in [1.54, 1.807) is 61.7 Å². The predicted molar refractivity (Wildman–Crippen MR) is 142 cm³/mol. The van der Waals surface area contributed by atoms with Crippen molar-refractivity contribution in [2.75, 3.05) is 12.4 Å². The first-order valence-electron chi connectivity index (χ1n) is 11.5. The number of methoxy groups -OCH3 is 1. The zero-order valence-corrected chi connectivity index (χ0v) is 20.8. The minimum atomic E-state index is -0.678. The van der Waals surface area contributed by atoms with E-state index in [0.717, 1.165) is 10.1 Å². The summed E-state index contributed by atoms with van der Waals surface area (Å²) in [5.74, 6) is -0.155. The molecule has 0 unspecified atom stereocenters. The molecule has 0 aliphatic heterocycles. The maximum absolute atomic E-state index is 13.3. The van der Waals surface area contributed by atoms with Gasteiger partial charge in [0.05, 0.1) is 18.0 Å². The second kappa shape index (κ2) is 11.6. The summed E-state index contributed by atoms with van der Waals surface area (Å²) in [4.78, 5) is 51.6. The van der Waals surface area contributed by atoms with E-state index in [9.17, 15) is 19.2 Å². The maximum atomic E-state index is 13.3. The molecule has 3 aromatic carbocycles. The van der Waals surface area contributed by atoms with Crippen LogP contribution in [0.3, 0.4) is 0 Å². The zero-order valence-electron chi connectivity index (χ0n) is 20.1. The van der Waals surface area contributed by atoms with E-state index in [4.69, 9.17) is 16.3 Å². The third-order valence-electron chi connectivity index (χ3n) is 5.77. The standard InChI is InChI=1S/C27H25ClN4O5/c1-37-23-12-5-2-7-18(23)16-29-24(33)13-14-31-26(35)21-10-3-4-11-22(21)32(27(31)36)17-25(34)30-20-9-6-8-19(28)15-20/h2-12,15H,13-14,16-17H2,1H3,(H,29,33)(H,30,34). The van der Waals surface area contributed by atoms with Crippen LogP contribution in [0.5, 0.6) is 5.75 Å². The number of nitrogens with zero attached hydrogens (tertiary/aromatic N) is 2. The number of hydrogen-bond donors (Lipinski definition) is 2. The van der Waals surface area contributed by atoms with Gasteiger partial charge in [0.15, 0.2) is 0 Å². The van der Waals surface area contributed by atoms with Gasteiger partial charge in [0.2, 0.25) is 11.8 Å². The fourth-order valence-corrected chi connectivity index (χ4v) is 4.17. The monoisotopic (exact) mass is 520 g/mol. The number of para-hydroxylation sites is 2. The summed E-state index contributed by atoms with van der Waals surface area (Å²) in [5.41, 5.74) is 0.409. The molecule has 190 valence electrons. The molecule has 0 atom stereocenters. The number of carbonyl (C=O) groups excluding carboxylic acids is 2. The minimum absolute atomic E-state index is 0.0999. The normalized spacial score (nSPS) is 10.8. The lowest BCUT2D eigenvalue weighted by atomic mass is 10.2. The highest BCUT2D eigenvalue weighted by Crippen LogP contribution is 2.17. The van der Waals surface area contributed by atoms with Gasteiger partial charge >= 0.3 is 5.69 Å². The van der Waals surface area contributed by atoms with Crippen molar-refractivity contribution < 1.29 is 14.3 Å². The number of aromatic nitrogens is 2. The highest BCUT2D eigenvalue weighted by molar-refractivity contribution is 6.30. The van der Waals surface area contributed by atoms with E-state index in [1.807, 2.05) is 18.2 Å².